The molecular weight excluding hydrogens is 184 g/mol. The minimum absolute atomic E-state index is 0.0148. The Morgan fingerprint density at radius 3 is 2.79 bits per heavy atom. The second-order valence-electron chi connectivity index (χ2n) is 3.51. The van der Waals surface area contributed by atoms with Crippen molar-refractivity contribution in [3.63, 3.8) is 0 Å². The summed E-state index contributed by atoms with van der Waals surface area (Å²) < 4.78 is 10.1. The van der Waals surface area contributed by atoms with Crippen LogP contribution in [0.1, 0.15) is 12.8 Å². The quantitative estimate of drug-likeness (QED) is 0.536. The fourth-order valence-corrected chi connectivity index (χ4v) is 1.87. The maximum absolute atomic E-state index is 10.9. The first kappa shape index (κ1) is 11.2. The van der Waals surface area contributed by atoms with Crippen LogP contribution in [0.5, 0.6) is 0 Å². The van der Waals surface area contributed by atoms with Gasteiger partial charge in [-0.1, -0.05) is 6.08 Å². The Balaban J connectivity index is 2.47. The Kier molecular flexibility index (Phi) is 4.10. The second kappa shape index (κ2) is 5.12. The van der Waals surface area contributed by atoms with E-state index in [1.165, 1.54) is 0 Å². The average Bonchev–Trinajstić information content (AvgIpc) is 2.57. The molecule has 0 spiro atoms. The Labute approximate surface area is 83.5 Å². The van der Waals surface area contributed by atoms with E-state index in [1.54, 1.807) is 13.2 Å². The van der Waals surface area contributed by atoms with Crippen molar-refractivity contribution in [1.82, 2.24) is 0 Å². The molecule has 1 saturated carbocycles. The monoisotopic (exact) mass is 200 g/mol. The lowest BCUT2D eigenvalue weighted by Crippen LogP contribution is -2.17. The molecule has 0 saturated heterocycles. The van der Waals surface area contributed by atoms with Crippen LogP contribution in [0.4, 0.5) is 0 Å². The molecule has 0 heterocycles. The molecule has 1 rings (SSSR count). The van der Waals surface area contributed by atoms with Gasteiger partial charge < -0.3 is 14.6 Å². The van der Waals surface area contributed by atoms with Gasteiger partial charge in [0.05, 0.1) is 12.0 Å². The zero-order chi connectivity index (χ0) is 10.6. The smallest absolute Gasteiger partial charge is 0.307 e. The summed E-state index contributed by atoms with van der Waals surface area (Å²) in [7, 11) is 1.55. The number of hydrogen-bond acceptors (Lipinski definition) is 3. The fraction of sp³-hybridized carbons (Fsp3) is 0.700. The van der Waals surface area contributed by atoms with Gasteiger partial charge in [-0.25, -0.2) is 0 Å². The number of ether oxygens (including phenoxy) is 2. The molecule has 14 heavy (non-hydrogen) atoms. The van der Waals surface area contributed by atoms with Crippen LogP contribution in [0.15, 0.2) is 12.7 Å². The van der Waals surface area contributed by atoms with Crippen LogP contribution in [-0.2, 0) is 14.3 Å². The molecule has 0 aromatic rings. The van der Waals surface area contributed by atoms with Crippen molar-refractivity contribution in [2.24, 2.45) is 11.8 Å². The lowest BCUT2D eigenvalue weighted by molar-refractivity contribution is -0.143. The number of aliphatic carboxylic acids is 1. The third-order valence-electron chi connectivity index (χ3n) is 2.61. The molecular formula is C10H16O4. The highest BCUT2D eigenvalue weighted by atomic mass is 16.7. The maximum Gasteiger partial charge on any atom is 0.307 e. The summed E-state index contributed by atoms with van der Waals surface area (Å²) in [5.74, 6) is -1.10. The van der Waals surface area contributed by atoms with Crippen molar-refractivity contribution < 1.29 is 19.4 Å². The average molecular weight is 200 g/mol. The minimum Gasteiger partial charge on any atom is -0.481 e. The van der Waals surface area contributed by atoms with Crippen LogP contribution in [0.25, 0.3) is 0 Å². The molecule has 1 N–H and O–H groups in total. The molecule has 1 aliphatic carbocycles. The molecule has 0 aliphatic heterocycles. The molecule has 0 bridgehead atoms. The van der Waals surface area contributed by atoms with Crippen molar-refractivity contribution in [1.29, 1.82) is 0 Å². The van der Waals surface area contributed by atoms with Crippen molar-refractivity contribution >= 4 is 5.97 Å². The van der Waals surface area contributed by atoms with E-state index in [4.69, 9.17) is 14.6 Å². The summed E-state index contributed by atoms with van der Waals surface area (Å²) in [5.41, 5.74) is 0. The number of hydrogen-bond donors (Lipinski definition) is 1. The van der Waals surface area contributed by atoms with Gasteiger partial charge in [-0.3, -0.25) is 4.79 Å². The third kappa shape index (κ3) is 2.56. The van der Waals surface area contributed by atoms with Crippen LogP contribution in [-0.4, -0.2) is 31.1 Å². The number of methoxy groups -OCH3 is 1. The molecule has 0 unspecified atom stereocenters. The first-order valence-electron chi connectivity index (χ1n) is 4.65. The van der Waals surface area contributed by atoms with Crippen molar-refractivity contribution in [3.8, 4) is 0 Å². The number of carbonyl (C=O) groups is 1. The van der Waals surface area contributed by atoms with Gasteiger partial charge in [0.15, 0.2) is 0 Å². The standard InChI is InChI=1S/C10H16O4/c1-3-7-4-8(14-6-13-2)5-9(7)10(11)12/h3,7-9H,1,4-6H2,2H3,(H,11,12)/t7-,8+,9-/m1/s1. The predicted octanol–water partition coefficient (Wildman–Crippen LogP) is 1.27. The van der Waals surface area contributed by atoms with Crippen molar-refractivity contribution in [2.45, 2.75) is 18.9 Å². The molecule has 1 fully saturated rings. The van der Waals surface area contributed by atoms with E-state index >= 15 is 0 Å². The molecule has 3 atom stereocenters. The van der Waals surface area contributed by atoms with Crippen LogP contribution < -0.4 is 0 Å². The summed E-state index contributed by atoms with van der Waals surface area (Å²) in [5, 5.41) is 8.92. The number of rotatable bonds is 5. The molecule has 80 valence electrons. The zero-order valence-corrected chi connectivity index (χ0v) is 8.31. The van der Waals surface area contributed by atoms with Gasteiger partial charge >= 0.3 is 5.97 Å². The van der Waals surface area contributed by atoms with Gasteiger partial charge in [-0.2, -0.15) is 0 Å². The first-order valence-corrected chi connectivity index (χ1v) is 4.65. The summed E-state index contributed by atoms with van der Waals surface area (Å²) >= 11 is 0. The van der Waals surface area contributed by atoms with E-state index in [0.29, 0.717) is 6.42 Å². The van der Waals surface area contributed by atoms with E-state index in [0.717, 1.165) is 6.42 Å². The number of carboxylic acid groups (broad SMARTS) is 1. The Hall–Kier alpha value is -0.870. The fourth-order valence-electron chi connectivity index (χ4n) is 1.87. The topological polar surface area (TPSA) is 55.8 Å². The van der Waals surface area contributed by atoms with Gasteiger partial charge in [-0.05, 0) is 18.8 Å². The van der Waals surface area contributed by atoms with E-state index in [2.05, 4.69) is 6.58 Å². The van der Waals surface area contributed by atoms with Crippen LogP contribution in [0, 0.1) is 11.8 Å². The van der Waals surface area contributed by atoms with Crippen molar-refractivity contribution in [2.75, 3.05) is 13.9 Å². The molecule has 4 heteroatoms. The van der Waals surface area contributed by atoms with Crippen LogP contribution >= 0.6 is 0 Å². The molecule has 0 amide bonds. The largest absolute Gasteiger partial charge is 0.481 e. The summed E-state index contributed by atoms with van der Waals surface area (Å²) in [6.45, 7) is 3.86. The lowest BCUT2D eigenvalue weighted by Gasteiger charge is -2.09. The number of carboxylic acids is 1. The Morgan fingerprint density at radius 1 is 1.64 bits per heavy atom. The Morgan fingerprint density at radius 2 is 2.36 bits per heavy atom. The zero-order valence-electron chi connectivity index (χ0n) is 8.31. The highest BCUT2D eigenvalue weighted by molar-refractivity contribution is 5.71. The van der Waals surface area contributed by atoms with Gasteiger partial charge in [0.1, 0.15) is 6.79 Å². The summed E-state index contributed by atoms with van der Waals surface area (Å²) in [6, 6.07) is 0. The van der Waals surface area contributed by atoms with E-state index < -0.39 is 5.97 Å². The van der Waals surface area contributed by atoms with Gasteiger partial charge in [0.25, 0.3) is 0 Å². The van der Waals surface area contributed by atoms with E-state index in [9.17, 15) is 4.79 Å². The molecule has 0 aromatic heterocycles. The predicted molar refractivity (Wildman–Crippen MR) is 50.8 cm³/mol. The molecule has 1 aliphatic rings. The van der Waals surface area contributed by atoms with Crippen molar-refractivity contribution in [3.05, 3.63) is 12.7 Å². The van der Waals surface area contributed by atoms with Gasteiger partial charge in [0.2, 0.25) is 0 Å². The lowest BCUT2D eigenvalue weighted by atomic mass is 9.97. The maximum atomic E-state index is 10.9. The SMILES string of the molecule is C=C[C@@H]1C[C@H](OCOC)C[C@H]1C(=O)O. The minimum atomic E-state index is -0.765. The normalized spacial score (nSPS) is 31.6. The van der Waals surface area contributed by atoms with Crippen LogP contribution in [0.2, 0.25) is 0 Å². The second-order valence-corrected chi connectivity index (χ2v) is 3.51. The van der Waals surface area contributed by atoms with E-state index in [-0.39, 0.29) is 24.7 Å². The molecule has 0 aromatic carbocycles. The first-order chi connectivity index (χ1) is 6.69. The van der Waals surface area contributed by atoms with Gasteiger partial charge in [-0.15, -0.1) is 6.58 Å². The molecule has 4 nitrogen and oxygen atoms in total. The van der Waals surface area contributed by atoms with Gasteiger partial charge in [0, 0.05) is 7.11 Å². The summed E-state index contributed by atoms with van der Waals surface area (Å²) in [6.07, 6.45) is 2.97. The third-order valence-corrected chi connectivity index (χ3v) is 2.61. The number of allylic oxidation sites excluding steroid dienone is 1. The van der Waals surface area contributed by atoms with E-state index in [1.807, 2.05) is 0 Å². The van der Waals surface area contributed by atoms with Crippen LogP contribution in [0.3, 0.4) is 0 Å². The Bertz CT molecular complexity index is 214. The molecule has 0 radical (unpaired) electrons. The summed E-state index contributed by atoms with van der Waals surface area (Å²) in [4.78, 5) is 10.9. The highest BCUT2D eigenvalue weighted by Gasteiger charge is 2.37. The highest BCUT2D eigenvalue weighted by Crippen LogP contribution is 2.34.